The Balaban J connectivity index is 1.55. The zero-order chi connectivity index (χ0) is 14.5. The van der Waals surface area contributed by atoms with Crippen molar-refractivity contribution in [2.24, 2.45) is 0 Å². The van der Waals surface area contributed by atoms with E-state index < -0.39 is 0 Å². The molecule has 1 aromatic rings. The second-order valence-corrected chi connectivity index (χ2v) is 5.71. The molecule has 2 aliphatic rings. The van der Waals surface area contributed by atoms with Gasteiger partial charge >= 0.3 is 0 Å². The third-order valence-corrected chi connectivity index (χ3v) is 4.21. The van der Waals surface area contributed by atoms with Crippen LogP contribution in [0.2, 0.25) is 0 Å². The molecule has 0 aliphatic carbocycles. The number of hydrogen-bond acceptors (Lipinski definition) is 3. The molecule has 112 valence electrons. The molecule has 2 fully saturated rings. The molecule has 0 radical (unpaired) electrons. The number of amides is 1. The van der Waals surface area contributed by atoms with Crippen LogP contribution >= 0.6 is 0 Å². The SMILES string of the molecule is O=C(/C=C/c1ccccc1)N[C@H]1COC[C@@H]1N1CCCC1. The van der Waals surface area contributed by atoms with Crippen molar-refractivity contribution in [1.29, 1.82) is 0 Å². The van der Waals surface area contributed by atoms with Gasteiger partial charge in [-0.1, -0.05) is 30.3 Å². The molecule has 0 unspecified atom stereocenters. The van der Waals surface area contributed by atoms with Crippen molar-refractivity contribution in [3.8, 4) is 0 Å². The van der Waals surface area contributed by atoms with Crippen molar-refractivity contribution in [3.63, 3.8) is 0 Å². The Kier molecular flexibility index (Phi) is 4.68. The van der Waals surface area contributed by atoms with Gasteiger partial charge in [-0.15, -0.1) is 0 Å². The molecule has 1 aromatic carbocycles. The molecule has 0 aromatic heterocycles. The molecule has 4 nitrogen and oxygen atoms in total. The van der Waals surface area contributed by atoms with E-state index in [0.717, 1.165) is 25.3 Å². The number of ether oxygens (including phenoxy) is 1. The zero-order valence-electron chi connectivity index (χ0n) is 12.2. The van der Waals surface area contributed by atoms with Crippen LogP contribution in [0.5, 0.6) is 0 Å². The van der Waals surface area contributed by atoms with E-state index in [1.165, 1.54) is 12.8 Å². The number of benzene rings is 1. The fourth-order valence-corrected chi connectivity index (χ4v) is 3.08. The molecule has 1 N–H and O–H groups in total. The maximum Gasteiger partial charge on any atom is 0.244 e. The van der Waals surface area contributed by atoms with E-state index in [1.807, 2.05) is 36.4 Å². The Morgan fingerprint density at radius 3 is 2.71 bits per heavy atom. The van der Waals surface area contributed by atoms with Gasteiger partial charge in [-0.3, -0.25) is 9.69 Å². The monoisotopic (exact) mass is 286 g/mol. The summed E-state index contributed by atoms with van der Waals surface area (Å²) in [7, 11) is 0. The number of carbonyl (C=O) groups is 1. The summed E-state index contributed by atoms with van der Waals surface area (Å²) < 4.78 is 5.57. The number of nitrogens with zero attached hydrogens (tertiary/aromatic N) is 1. The Morgan fingerprint density at radius 2 is 1.95 bits per heavy atom. The fourth-order valence-electron chi connectivity index (χ4n) is 3.08. The van der Waals surface area contributed by atoms with Crippen LogP contribution in [-0.2, 0) is 9.53 Å². The summed E-state index contributed by atoms with van der Waals surface area (Å²) >= 11 is 0. The van der Waals surface area contributed by atoms with Crippen molar-refractivity contribution in [1.82, 2.24) is 10.2 Å². The van der Waals surface area contributed by atoms with Crippen molar-refractivity contribution >= 4 is 12.0 Å². The highest BCUT2D eigenvalue weighted by Crippen LogP contribution is 2.19. The van der Waals surface area contributed by atoms with Crippen LogP contribution in [0.25, 0.3) is 6.08 Å². The van der Waals surface area contributed by atoms with Crippen LogP contribution < -0.4 is 5.32 Å². The molecule has 0 spiro atoms. The Morgan fingerprint density at radius 1 is 1.19 bits per heavy atom. The fraction of sp³-hybridized carbons (Fsp3) is 0.471. The van der Waals surface area contributed by atoms with Crippen LogP contribution in [0.1, 0.15) is 18.4 Å². The second kappa shape index (κ2) is 6.87. The van der Waals surface area contributed by atoms with Gasteiger partial charge in [0.25, 0.3) is 0 Å². The number of carbonyl (C=O) groups excluding carboxylic acids is 1. The summed E-state index contributed by atoms with van der Waals surface area (Å²) in [5.74, 6) is -0.0430. The summed E-state index contributed by atoms with van der Waals surface area (Å²) in [5, 5.41) is 3.08. The maximum atomic E-state index is 12.1. The summed E-state index contributed by atoms with van der Waals surface area (Å²) in [4.78, 5) is 14.5. The summed E-state index contributed by atoms with van der Waals surface area (Å²) in [6.45, 7) is 3.60. The molecule has 0 saturated carbocycles. The lowest BCUT2D eigenvalue weighted by Crippen LogP contribution is -2.49. The minimum absolute atomic E-state index is 0.0430. The smallest absolute Gasteiger partial charge is 0.244 e. The van der Waals surface area contributed by atoms with Gasteiger partial charge in [0.2, 0.25) is 5.91 Å². The Hall–Kier alpha value is -1.65. The molecule has 4 heteroatoms. The second-order valence-electron chi connectivity index (χ2n) is 5.71. The van der Waals surface area contributed by atoms with Crippen LogP contribution in [0.3, 0.4) is 0 Å². The van der Waals surface area contributed by atoms with E-state index in [0.29, 0.717) is 12.6 Å². The third-order valence-electron chi connectivity index (χ3n) is 4.21. The van der Waals surface area contributed by atoms with Gasteiger partial charge in [-0.25, -0.2) is 0 Å². The van der Waals surface area contributed by atoms with Crippen LogP contribution in [-0.4, -0.2) is 49.2 Å². The number of rotatable bonds is 4. The number of nitrogens with one attached hydrogen (secondary N) is 1. The normalized spacial score (nSPS) is 26.5. The molecule has 2 saturated heterocycles. The first-order valence-electron chi connectivity index (χ1n) is 7.68. The van der Waals surface area contributed by atoms with Crippen LogP contribution in [0, 0.1) is 0 Å². The predicted octanol–water partition coefficient (Wildman–Crippen LogP) is 1.68. The number of hydrogen-bond donors (Lipinski definition) is 1. The van der Waals surface area contributed by atoms with Gasteiger partial charge in [0, 0.05) is 6.08 Å². The van der Waals surface area contributed by atoms with Crippen LogP contribution in [0.4, 0.5) is 0 Å². The largest absolute Gasteiger partial charge is 0.378 e. The highest BCUT2D eigenvalue weighted by molar-refractivity contribution is 5.91. The van der Waals surface area contributed by atoms with Gasteiger partial charge < -0.3 is 10.1 Å². The molecule has 21 heavy (non-hydrogen) atoms. The topological polar surface area (TPSA) is 41.6 Å². The van der Waals surface area contributed by atoms with Gasteiger partial charge in [-0.05, 0) is 37.6 Å². The Bertz CT molecular complexity index is 495. The van der Waals surface area contributed by atoms with E-state index >= 15 is 0 Å². The maximum absolute atomic E-state index is 12.1. The van der Waals surface area contributed by atoms with Crippen molar-refractivity contribution in [2.45, 2.75) is 24.9 Å². The first-order valence-corrected chi connectivity index (χ1v) is 7.68. The highest BCUT2D eigenvalue weighted by Gasteiger charge is 2.34. The summed E-state index contributed by atoms with van der Waals surface area (Å²) in [6, 6.07) is 10.3. The lowest BCUT2D eigenvalue weighted by molar-refractivity contribution is -0.117. The molecule has 3 rings (SSSR count). The van der Waals surface area contributed by atoms with Gasteiger partial charge in [0.1, 0.15) is 0 Å². The predicted molar refractivity (Wildman–Crippen MR) is 82.8 cm³/mol. The molecule has 1 amide bonds. The van der Waals surface area contributed by atoms with Crippen LogP contribution in [0.15, 0.2) is 36.4 Å². The molecule has 2 heterocycles. The van der Waals surface area contributed by atoms with E-state index in [9.17, 15) is 4.79 Å². The first kappa shape index (κ1) is 14.3. The Labute approximate surface area is 125 Å². The lowest BCUT2D eigenvalue weighted by Gasteiger charge is -2.27. The average molecular weight is 286 g/mol. The van der Waals surface area contributed by atoms with E-state index in [4.69, 9.17) is 4.74 Å². The lowest BCUT2D eigenvalue weighted by atomic mass is 10.1. The molecular formula is C17H22N2O2. The highest BCUT2D eigenvalue weighted by atomic mass is 16.5. The molecule has 0 bridgehead atoms. The van der Waals surface area contributed by atoms with Gasteiger partial charge in [0.05, 0.1) is 25.3 Å². The van der Waals surface area contributed by atoms with Crippen molar-refractivity contribution < 1.29 is 9.53 Å². The molecule has 2 atom stereocenters. The third kappa shape index (κ3) is 3.71. The zero-order valence-corrected chi connectivity index (χ0v) is 12.2. The van der Waals surface area contributed by atoms with Gasteiger partial charge in [-0.2, -0.15) is 0 Å². The minimum Gasteiger partial charge on any atom is -0.378 e. The minimum atomic E-state index is -0.0430. The van der Waals surface area contributed by atoms with Crippen molar-refractivity contribution in [3.05, 3.63) is 42.0 Å². The molecule has 2 aliphatic heterocycles. The first-order chi connectivity index (χ1) is 10.3. The number of likely N-dealkylation sites (tertiary alicyclic amines) is 1. The van der Waals surface area contributed by atoms with Crippen molar-refractivity contribution in [2.75, 3.05) is 26.3 Å². The summed E-state index contributed by atoms with van der Waals surface area (Å²) in [5.41, 5.74) is 1.03. The standard InChI is InChI=1S/C17H22N2O2/c20-17(9-8-14-6-2-1-3-7-14)18-15-12-21-13-16(15)19-10-4-5-11-19/h1-3,6-9,15-16H,4-5,10-13H2,(H,18,20)/b9-8+/t15-,16-/m0/s1. The average Bonchev–Trinajstić information content (AvgIpc) is 3.17. The molecular weight excluding hydrogens is 264 g/mol. The van der Waals surface area contributed by atoms with E-state index in [-0.39, 0.29) is 11.9 Å². The van der Waals surface area contributed by atoms with E-state index in [2.05, 4.69) is 10.2 Å². The van der Waals surface area contributed by atoms with E-state index in [1.54, 1.807) is 6.08 Å². The summed E-state index contributed by atoms with van der Waals surface area (Å²) in [6.07, 6.45) is 5.96. The van der Waals surface area contributed by atoms with Gasteiger partial charge in [0.15, 0.2) is 0 Å². The quantitative estimate of drug-likeness (QED) is 0.856.